The van der Waals surface area contributed by atoms with Crippen molar-refractivity contribution < 1.29 is 22.6 Å². The average molecular weight is 324 g/mol. The summed E-state index contributed by atoms with van der Waals surface area (Å²) in [6.07, 6.45) is -3.90. The normalized spacial score (nSPS) is 11.1. The van der Waals surface area contributed by atoms with E-state index >= 15 is 0 Å². The molecule has 0 radical (unpaired) electrons. The van der Waals surface area contributed by atoms with Crippen LogP contribution >= 0.6 is 12.2 Å². The van der Waals surface area contributed by atoms with Crippen LogP contribution in [0.3, 0.4) is 0 Å². The highest BCUT2D eigenvalue weighted by Crippen LogP contribution is 2.30. The zero-order valence-electron chi connectivity index (χ0n) is 11.5. The summed E-state index contributed by atoms with van der Waals surface area (Å²) in [5.41, 5.74) is -1.11. The third-order valence-electron chi connectivity index (χ3n) is 2.24. The van der Waals surface area contributed by atoms with Gasteiger partial charge in [0.2, 0.25) is 11.8 Å². The van der Waals surface area contributed by atoms with Crippen molar-refractivity contribution in [3.8, 4) is 5.88 Å². The molecule has 0 atom stereocenters. The summed E-state index contributed by atoms with van der Waals surface area (Å²) in [6, 6.07) is 0.709. The smallest absolute Gasteiger partial charge is 0.433 e. The van der Waals surface area contributed by atoms with Gasteiger partial charge in [0.1, 0.15) is 0 Å². The van der Waals surface area contributed by atoms with Crippen LogP contribution in [0.2, 0.25) is 0 Å². The lowest BCUT2D eigenvalue weighted by Crippen LogP contribution is -2.30. The van der Waals surface area contributed by atoms with Crippen LogP contribution in [0.25, 0.3) is 0 Å². The lowest BCUT2D eigenvalue weighted by atomic mass is 10.4. The first kappa shape index (κ1) is 17.4. The standard InChI is InChI=1S/C11H15F3N4O2S/c1-19-5-3-4-15-10(21)18-9-16-7(11(12,13)14)6-8(17-9)20-2/h6H,3-5H2,1-2H3,(H2,15,16,17,18,21). The summed E-state index contributed by atoms with van der Waals surface area (Å²) in [5.74, 6) is -0.493. The number of methoxy groups -OCH3 is 2. The Morgan fingerprint density at radius 2 is 2.05 bits per heavy atom. The Bertz CT molecular complexity index is 485. The molecule has 0 bridgehead atoms. The first-order valence-electron chi connectivity index (χ1n) is 5.91. The van der Waals surface area contributed by atoms with Crippen LogP contribution in [0.5, 0.6) is 5.88 Å². The number of hydrogen-bond donors (Lipinski definition) is 2. The van der Waals surface area contributed by atoms with Gasteiger partial charge in [-0.25, -0.2) is 4.98 Å². The average Bonchev–Trinajstić information content (AvgIpc) is 2.42. The number of thiocarbonyl (C=S) groups is 1. The molecule has 2 N–H and O–H groups in total. The monoisotopic (exact) mass is 324 g/mol. The van der Waals surface area contributed by atoms with Gasteiger partial charge in [-0.1, -0.05) is 0 Å². The Morgan fingerprint density at radius 1 is 1.33 bits per heavy atom. The summed E-state index contributed by atoms with van der Waals surface area (Å²) < 4.78 is 47.6. The van der Waals surface area contributed by atoms with E-state index in [2.05, 4.69) is 20.6 Å². The lowest BCUT2D eigenvalue weighted by molar-refractivity contribution is -0.141. The van der Waals surface area contributed by atoms with Crippen molar-refractivity contribution >= 4 is 23.3 Å². The molecule has 1 rings (SSSR count). The molecule has 0 aliphatic rings. The summed E-state index contributed by atoms with van der Waals surface area (Å²) in [6.45, 7) is 1.05. The number of halogens is 3. The molecule has 0 saturated heterocycles. The van der Waals surface area contributed by atoms with Gasteiger partial charge in [-0.05, 0) is 18.6 Å². The van der Waals surface area contributed by atoms with Gasteiger partial charge < -0.3 is 20.1 Å². The molecule has 0 aromatic carbocycles. The quantitative estimate of drug-likeness (QED) is 0.611. The van der Waals surface area contributed by atoms with E-state index in [4.69, 9.17) is 21.7 Å². The van der Waals surface area contributed by atoms with E-state index in [9.17, 15) is 13.2 Å². The number of anilines is 1. The minimum absolute atomic E-state index is 0.118. The Morgan fingerprint density at radius 3 is 2.62 bits per heavy atom. The van der Waals surface area contributed by atoms with Gasteiger partial charge >= 0.3 is 6.18 Å². The van der Waals surface area contributed by atoms with Crippen LogP contribution in [-0.4, -0.2) is 42.5 Å². The van der Waals surface area contributed by atoms with E-state index in [-0.39, 0.29) is 16.9 Å². The van der Waals surface area contributed by atoms with E-state index in [0.29, 0.717) is 25.6 Å². The van der Waals surface area contributed by atoms with Gasteiger partial charge in [0.15, 0.2) is 10.8 Å². The molecule has 1 aromatic rings. The van der Waals surface area contributed by atoms with Crippen LogP contribution in [0.4, 0.5) is 19.1 Å². The molecular formula is C11H15F3N4O2S. The predicted octanol–water partition coefficient (Wildman–Crippen LogP) is 1.83. The molecule has 0 aliphatic carbocycles. The molecule has 0 spiro atoms. The van der Waals surface area contributed by atoms with Gasteiger partial charge in [0.25, 0.3) is 0 Å². The lowest BCUT2D eigenvalue weighted by Gasteiger charge is -2.12. The SMILES string of the molecule is COCCCNC(=S)Nc1nc(OC)cc(C(F)(F)F)n1. The van der Waals surface area contributed by atoms with Crippen LogP contribution in [0.1, 0.15) is 12.1 Å². The van der Waals surface area contributed by atoms with Crippen molar-refractivity contribution in [1.82, 2.24) is 15.3 Å². The maximum absolute atomic E-state index is 12.7. The molecule has 6 nitrogen and oxygen atoms in total. The summed E-state index contributed by atoms with van der Waals surface area (Å²) in [4.78, 5) is 7.11. The highest BCUT2D eigenvalue weighted by Gasteiger charge is 2.34. The Labute approximate surface area is 125 Å². The summed E-state index contributed by atoms with van der Waals surface area (Å²) in [7, 11) is 2.78. The number of rotatable bonds is 6. The highest BCUT2D eigenvalue weighted by molar-refractivity contribution is 7.80. The van der Waals surface area contributed by atoms with Crippen LogP contribution in [0.15, 0.2) is 6.07 Å². The number of alkyl halides is 3. The molecule has 118 valence electrons. The Balaban J connectivity index is 2.71. The maximum atomic E-state index is 12.7. The van der Waals surface area contributed by atoms with Crippen molar-refractivity contribution in [3.05, 3.63) is 11.8 Å². The molecule has 0 aliphatic heterocycles. The fraction of sp³-hybridized carbons (Fsp3) is 0.545. The second-order valence-corrected chi connectivity index (χ2v) is 4.25. The van der Waals surface area contributed by atoms with E-state index in [1.54, 1.807) is 7.11 Å². The van der Waals surface area contributed by atoms with Gasteiger partial charge in [-0.3, -0.25) is 0 Å². The maximum Gasteiger partial charge on any atom is 0.433 e. The van der Waals surface area contributed by atoms with Crippen molar-refractivity contribution in [1.29, 1.82) is 0 Å². The molecule has 0 unspecified atom stereocenters. The van der Waals surface area contributed by atoms with E-state index in [0.717, 1.165) is 0 Å². The third-order valence-corrected chi connectivity index (χ3v) is 2.48. The molecular weight excluding hydrogens is 309 g/mol. The summed E-state index contributed by atoms with van der Waals surface area (Å²) in [5, 5.41) is 5.40. The zero-order valence-corrected chi connectivity index (χ0v) is 12.3. The Hall–Kier alpha value is -1.68. The second kappa shape index (κ2) is 7.93. The molecule has 0 amide bonds. The fourth-order valence-corrected chi connectivity index (χ4v) is 1.49. The molecule has 10 heteroatoms. The number of nitrogens with zero attached hydrogens (tertiary/aromatic N) is 2. The Kier molecular flexibility index (Phi) is 6.56. The largest absolute Gasteiger partial charge is 0.481 e. The third kappa shape index (κ3) is 6.08. The fourth-order valence-electron chi connectivity index (χ4n) is 1.29. The van der Waals surface area contributed by atoms with E-state index in [1.807, 2.05) is 0 Å². The van der Waals surface area contributed by atoms with Crippen molar-refractivity contribution in [3.63, 3.8) is 0 Å². The number of aromatic nitrogens is 2. The number of ether oxygens (including phenoxy) is 2. The zero-order chi connectivity index (χ0) is 15.9. The van der Waals surface area contributed by atoms with Gasteiger partial charge in [0, 0.05) is 26.3 Å². The first-order chi connectivity index (χ1) is 9.86. The van der Waals surface area contributed by atoms with Crippen molar-refractivity contribution in [2.24, 2.45) is 0 Å². The minimum Gasteiger partial charge on any atom is -0.481 e. The minimum atomic E-state index is -4.60. The van der Waals surface area contributed by atoms with Crippen LogP contribution in [-0.2, 0) is 10.9 Å². The number of nitrogens with one attached hydrogen (secondary N) is 2. The highest BCUT2D eigenvalue weighted by atomic mass is 32.1. The van der Waals surface area contributed by atoms with Gasteiger partial charge in [-0.2, -0.15) is 18.2 Å². The van der Waals surface area contributed by atoms with E-state index in [1.165, 1.54) is 7.11 Å². The van der Waals surface area contributed by atoms with Gasteiger partial charge in [0.05, 0.1) is 7.11 Å². The number of hydrogen-bond acceptors (Lipinski definition) is 5. The van der Waals surface area contributed by atoms with Gasteiger partial charge in [-0.15, -0.1) is 0 Å². The molecule has 1 heterocycles. The predicted molar refractivity (Wildman–Crippen MR) is 74.3 cm³/mol. The first-order valence-corrected chi connectivity index (χ1v) is 6.31. The van der Waals surface area contributed by atoms with E-state index < -0.39 is 11.9 Å². The van der Waals surface area contributed by atoms with Crippen molar-refractivity contribution in [2.45, 2.75) is 12.6 Å². The van der Waals surface area contributed by atoms with Crippen LogP contribution < -0.4 is 15.4 Å². The second-order valence-electron chi connectivity index (χ2n) is 3.84. The van der Waals surface area contributed by atoms with Crippen molar-refractivity contribution in [2.75, 3.05) is 32.7 Å². The molecule has 0 saturated carbocycles. The molecule has 1 aromatic heterocycles. The molecule has 21 heavy (non-hydrogen) atoms. The topological polar surface area (TPSA) is 68.3 Å². The summed E-state index contributed by atoms with van der Waals surface area (Å²) >= 11 is 4.94. The molecule has 0 fully saturated rings. The van der Waals surface area contributed by atoms with Crippen LogP contribution in [0, 0.1) is 0 Å².